The smallest absolute Gasteiger partial charge is 0.235 e. The third-order valence-electron chi connectivity index (χ3n) is 7.70. The topological polar surface area (TPSA) is 95.0 Å². The van der Waals surface area contributed by atoms with Crippen LogP contribution >= 0.6 is 11.6 Å². The van der Waals surface area contributed by atoms with Gasteiger partial charge in [-0.05, 0) is 87.4 Å². The summed E-state index contributed by atoms with van der Waals surface area (Å²) in [6.07, 6.45) is 1.92. The highest BCUT2D eigenvalue weighted by Crippen LogP contribution is 2.46. The number of carbonyl (C=O) groups is 2. The molecule has 1 spiro atoms. The van der Waals surface area contributed by atoms with Gasteiger partial charge >= 0.3 is 0 Å². The summed E-state index contributed by atoms with van der Waals surface area (Å²) in [5.41, 5.74) is -0.725. The van der Waals surface area contributed by atoms with Gasteiger partial charge in [0.2, 0.25) is 11.8 Å². The van der Waals surface area contributed by atoms with E-state index in [4.69, 9.17) is 25.9 Å². The Balaban J connectivity index is 1.16. The largest absolute Gasteiger partial charge is 0.491 e. The molecule has 1 aliphatic carbocycles. The Morgan fingerprint density at radius 1 is 1.28 bits per heavy atom. The van der Waals surface area contributed by atoms with E-state index in [0.29, 0.717) is 28.5 Å². The Labute approximate surface area is 225 Å². The fraction of sp³-hybridized carbons (Fsp3) is 0.519. The predicted octanol–water partition coefficient (Wildman–Crippen LogP) is 3.29. The van der Waals surface area contributed by atoms with Gasteiger partial charge in [0.1, 0.15) is 18.1 Å². The molecule has 0 bridgehead atoms. The number of aryl methyl sites for hydroxylation is 1. The summed E-state index contributed by atoms with van der Waals surface area (Å²) in [6, 6.07) is 6.16. The number of carbonyl (C=O) groups excluding carboxylic acids is 2. The number of piperidine rings is 1. The Morgan fingerprint density at radius 3 is 2.86 bits per heavy atom. The standard InChI is InChI=1S/C27H31ClN4O4/c1-26(35)14-19(15-26)32-23(33)5-2-17-12-20(16-29-24(17)32)36-11-10-31-8-6-27(7-9-31)21-13-18(28)3-4-22(21)30-25(27)34/h3-4,12-13,16,19,35H,2,5-11,14-15H2,1H3,(H,30,34)/i1D3,10D2,11D2. The molecule has 1 aromatic carbocycles. The predicted molar refractivity (Wildman–Crippen MR) is 137 cm³/mol. The van der Waals surface area contributed by atoms with Crippen molar-refractivity contribution in [1.82, 2.24) is 9.88 Å². The molecular formula is C27H31ClN4O4. The van der Waals surface area contributed by atoms with E-state index in [1.807, 2.05) is 0 Å². The van der Waals surface area contributed by atoms with Crippen LogP contribution in [-0.2, 0) is 21.4 Å². The number of aliphatic hydroxyl groups is 1. The maximum absolute atomic E-state index is 13.0. The maximum atomic E-state index is 13.0. The second-order valence-electron chi connectivity index (χ2n) is 10.0. The molecule has 2 fully saturated rings. The average Bonchev–Trinajstić information content (AvgIpc) is 3.16. The Hall–Kier alpha value is -2.68. The molecule has 2 N–H and O–H groups in total. The van der Waals surface area contributed by atoms with Crippen molar-refractivity contribution in [3.8, 4) is 5.75 Å². The van der Waals surface area contributed by atoms with Crippen LogP contribution in [0.1, 0.15) is 59.7 Å². The first-order chi connectivity index (χ1) is 20.0. The highest BCUT2D eigenvalue weighted by molar-refractivity contribution is 6.31. The summed E-state index contributed by atoms with van der Waals surface area (Å²) in [6.45, 7) is -7.78. The van der Waals surface area contributed by atoms with Crippen LogP contribution in [0.3, 0.4) is 0 Å². The molecule has 4 heterocycles. The first kappa shape index (κ1) is 16.9. The van der Waals surface area contributed by atoms with Crippen molar-refractivity contribution < 1.29 is 29.0 Å². The van der Waals surface area contributed by atoms with E-state index in [-0.39, 0.29) is 62.8 Å². The van der Waals surface area contributed by atoms with E-state index < -0.39 is 37.0 Å². The monoisotopic (exact) mass is 517 g/mol. The molecule has 1 aromatic heterocycles. The zero-order valence-corrected chi connectivity index (χ0v) is 20.3. The normalized spacial score (nSPS) is 30.9. The Morgan fingerprint density at radius 2 is 2.08 bits per heavy atom. The van der Waals surface area contributed by atoms with Crippen LogP contribution in [0.5, 0.6) is 5.75 Å². The minimum absolute atomic E-state index is 0.0262. The van der Waals surface area contributed by atoms with Gasteiger partial charge < -0.3 is 15.2 Å². The number of benzene rings is 1. The number of fused-ring (bicyclic) bond motifs is 3. The first-order valence-electron chi connectivity index (χ1n) is 15.6. The van der Waals surface area contributed by atoms with Crippen LogP contribution in [0.25, 0.3) is 0 Å². The summed E-state index contributed by atoms with van der Waals surface area (Å²) in [7, 11) is 0. The van der Waals surface area contributed by atoms with Gasteiger partial charge in [-0.1, -0.05) is 11.6 Å². The van der Waals surface area contributed by atoms with Crippen LogP contribution in [0.4, 0.5) is 11.5 Å². The SMILES string of the molecule is [2H]C([2H])([2H])C1(O)CC(N2C(=O)CCc3cc(OC([2H])([2H])C([2H])([2H])N4CCC5(CC4)C(=O)Nc4ccc(Cl)cc45)cnc32)C1. The van der Waals surface area contributed by atoms with Crippen molar-refractivity contribution in [1.29, 1.82) is 0 Å². The molecule has 190 valence electrons. The van der Waals surface area contributed by atoms with Gasteiger partial charge in [0, 0.05) is 36.5 Å². The molecule has 2 amide bonds. The maximum Gasteiger partial charge on any atom is 0.235 e. The van der Waals surface area contributed by atoms with Crippen LogP contribution in [-0.4, -0.2) is 64.6 Å². The zero-order valence-electron chi connectivity index (χ0n) is 26.5. The third-order valence-corrected chi connectivity index (χ3v) is 7.94. The number of likely N-dealkylation sites (tertiary alicyclic amines) is 1. The first-order valence-corrected chi connectivity index (χ1v) is 12.4. The molecule has 6 rings (SSSR count). The van der Waals surface area contributed by atoms with Crippen LogP contribution in [0.15, 0.2) is 30.5 Å². The molecule has 3 aliphatic heterocycles. The Kier molecular flexibility index (Phi) is 4.10. The van der Waals surface area contributed by atoms with Gasteiger partial charge in [0.15, 0.2) is 0 Å². The third kappa shape index (κ3) is 4.05. The summed E-state index contributed by atoms with van der Waals surface area (Å²) in [5, 5.41) is 13.8. The number of halogens is 1. The number of ether oxygens (including phenoxy) is 1. The van der Waals surface area contributed by atoms with E-state index in [0.717, 1.165) is 5.56 Å². The van der Waals surface area contributed by atoms with Gasteiger partial charge in [-0.15, -0.1) is 0 Å². The van der Waals surface area contributed by atoms with Crippen LogP contribution < -0.4 is 15.0 Å². The zero-order chi connectivity index (χ0) is 31.2. The van der Waals surface area contributed by atoms with Gasteiger partial charge in [-0.25, -0.2) is 4.98 Å². The number of amides is 2. The summed E-state index contributed by atoms with van der Waals surface area (Å²) < 4.78 is 62.8. The fourth-order valence-corrected chi connectivity index (χ4v) is 5.90. The number of nitrogens with one attached hydrogen (secondary N) is 1. The van der Waals surface area contributed by atoms with Gasteiger partial charge in [-0.2, -0.15) is 0 Å². The minimum atomic E-state index is -2.82. The van der Waals surface area contributed by atoms with Crippen molar-refractivity contribution in [3.05, 3.63) is 46.6 Å². The van der Waals surface area contributed by atoms with Crippen molar-refractivity contribution >= 4 is 34.9 Å². The lowest BCUT2D eigenvalue weighted by atomic mass is 9.73. The van der Waals surface area contributed by atoms with E-state index in [2.05, 4.69) is 10.3 Å². The van der Waals surface area contributed by atoms with Crippen molar-refractivity contribution in [2.45, 2.75) is 62.4 Å². The number of rotatable bonds is 5. The second-order valence-corrected chi connectivity index (χ2v) is 10.5. The minimum Gasteiger partial charge on any atom is -0.491 e. The van der Waals surface area contributed by atoms with Crippen molar-refractivity contribution in [3.63, 3.8) is 0 Å². The number of aromatic nitrogens is 1. The molecule has 1 saturated carbocycles. The quantitative estimate of drug-likeness (QED) is 0.632. The van der Waals surface area contributed by atoms with Crippen LogP contribution in [0.2, 0.25) is 5.02 Å². The lowest BCUT2D eigenvalue weighted by Gasteiger charge is -2.47. The molecular weight excluding hydrogens is 480 g/mol. The molecule has 0 radical (unpaired) electrons. The number of anilines is 2. The highest BCUT2D eigenvalue weighted by atomic mass is 35.5. The fourth-order valence-electron chi connectivity index (χ4n) is 5.73. The second kappa shape index (κ2) is 8.71. The number of pyridine rings is 1. The van der Waals surface area contributed by atoms with Crippen molar-refractivity contribution in [2.75, 3.05) is 36.4 Å². The molecule has 4 aliphatic rings. The average molecular weight is 518 g/mol. The van der Waals surface area contributed by atoms with Crippen LogP contribution in [0, 0.1) is 0 Å². The molecule has 9 heteroatoms. The molecule has 1 saturated heterocycles. The summed E-state index contributed by atoms with van der Waals surface area (Å²) in [4.78, 5) is 32.8. The van der Waals surface area contributed by atoms with Gasteiger partial charge in [0.05, 0.1) is 20.0 Å². The molecule has 2 aromatic rings. The molecule has 36 heavy (non-hydrogen) atoms. The van der Waals surface area contributed by atoms with Gasteiger partial charge in [0.25, 0.3) is 0 Å². The molecule has 8 nitrogen and oxygen atoms in total. The summed E-state index contributed by atoms with van der Waals surface area (Å²) in [5.74, 6) is -0.161. The summed E-state index contributed by atoms with van der Waals surface area (Å²) >= 11 is 6.19. The number of nitrogens with zero attached hydrogens (tertiary/aromatic N) is 3. The number of hydrogen-bond donors (Lipinski definition) is 2. The molecule has 0 atom stereocenters. The van der Waals surface area contributed by atoms with Crippen molar-refractivity contribution in [2.24, 2.45) is 0 Å². The van der Waals surface area contributed by atoms with E-state index in [1.165, 1.54) is 22.1 Å². The van der Waals surface area contributed by atoms with E-state index in [1.54, 1.807) is 18.2 Å². The lowest BCUT2D eigenvalue weighted by Crippen LogP contribution is -2.57. The highest BCUT2D eigenvalue weighted by Gasteiger charge is 2.48. The molecule has 0 unspecified atom stereocenters. The van der Waals surface area contributed by atoms with E-state index >= 15 is 0 Å². The Bertz CT molecular complexity index is 1490. The van der Waals surface area contributed by atoms with E-state index in [9.17, 15) is 14.7 Å². The number of hydrogen-bond acceptors (Lipinski definition) is 6. The van der Waals surface area contributed by atoms with Gasteiger partial charge in [-0.3, -0.25) is 19.4 Å². The lowest BCUT2D eigenvalue weighted by molar-refractivity contribution is -0.123.